The van der Waals surface area contributed by atoms with Crippen LogP contribution in [0.15, 0.2) is 18.2 Å². The second-order valence-electron chi connectivity index (χ2n) is 6.86. The lowest BCUT2D eigenvalue weighted by atomic mass is 9.80. The molecule has 0 aromatic heterocycles. The monoisotopic (exact) mass is 317 g/mol. The summed E-state index contributed by atoms with van der Waals surface area (Å²) in [5.74, 6) is 1.89. The number of aliphatic hydroxyl groups excluding tert-OH is 1. The number of piperidine rings is 1. The molecule has 0 saturated carbocycles. The molecular weight excluding hydrogens is 290 g/mol. The Morgan fingerprint density at radius 2 is 2.09 bits per heavy atom. The zero-order chi connectivity index (χ0) is 16.2. The number of hydrogen-bond acceptors (Lipinski definition) is 3. The molecule has 3 rings (SSSR count). The normalized spacial score (nSPS) is 21.8. The number of aryl methyl sites for hydroxylation is 1. The summed E-state index contributed by atoms with van der Waals surface area (Å²) in [5.41, 5.74) is 2.67. The molecule has 1 unspecified atom stereocenters. The lowest BCUT2D eigenvalue weighted by Gasteiger charge is -2.33. The maximum Gasteiger partial charge on any atom is 0.223 e. The predicted molar refractivity (Wildman–Crippen MR) is 89.7 cm³/mol. The van der Waals surface area contributed by atoms with Crippen molar-refractivity contribution in [3.05, 3.63) is 29.3 Å². The fraction of sp³-hybridized carbons (Fsp3) is 0.632. The maximum absolute atomic E-state index is 12.6. The van der Waals surface area contributed by atoms with E-state index in [1.165, 1.54) is 11.1 Å². The van der Waals surface area contributed by atoms with Gasteiger partial charge in [0, 0.05) is 26.1 Å². The quantitative estimate of drug-likeness (QED) is 0.929. The minimum Gasteiger partial charge on any atom is -0.497 e. The smallest absolute Gasteiger partial charge is 0.223 e. The summed E-state index contributed by atoms with van der Waals surface area (Å²) in [6.07, 6.45) is 5.80. The van der Waals surface area contributed by atoms with E-state index in [-0.39, 0.29) is 12.5 Å². The Morgan fingerprint density at radius 3 is 2.78 bits per heavy atom. The molecule has 4 nitrogen and oxygen atoms in total. The van der Waals surface area contributed by atoms with Gasteiger partial charge in [0.2, 0.25) is 5.91 Å². The van der Waals surface area contributed by atoms with Crippen molar-refractivity contribution >= 4 is 5.91 Å². The molecule has 1 heterocycles. The second kappa shape index (κ2) is 7.35. The Bertz CT molecular complexity index is 550. The molecule has 1 aromatic rings. The van der Waals surface area contributed by atoms with Crippen LogP contribution >= 0.6 is 0 Å². The fourth-order valence-electron chi connectivity index (χ4n) is 3.94. The second-order valence-corrected chi connectivity index (χ2v) is 6.86. The van der Waals surface area contributed by atoms with Gasteiger partial charge < -0.3 is 14.7 Å². The first-order valence-electron chi connectivity index (χ1n) is 8.76. The summed E-state index contributed by atoms with van der Waals surface area (Å²) in [4.78, 5) is 14.6. The number of benzene rings is 1. The van der Waals surface area contributed by atoms with Gasteiger partial charge >= 0.3 is 0 Å². The van der Waals surface area contributed by atoms with E-state index in [0.29, 0.717) is 18.3 Å². The molecule has 1 aromatic carbocycles. The van der Waals surface area contributed by atoms with Crippen molar-refractivity contribution in [2.45, 2.75) is 44.4 Å². The molecule has 1 saturated heterocycles. The average molecular weight is 317 g/mol. The van der Waals surface area contributed by atoms with Crippen LogP contribution in [0.4, 0.5) is 0 Å². The number of hydrogen-bond donors (Lipinski definition) is 1. The molecule has 1 aliphatic carbocycles. The molecule has 1 aliphatic heterocycles. The summed E-state index contributed by atoms with van der Waals surface area (Å²) in [7, 11) is 1.70. The first-order valence-corrected chi connectivity index (χ1v) is 8.76. The lowest BCUT2D eigenvalue weighted by molar-refractivity contribution is -0.133. The highest BCUT2D eigenvalue weighted by Gasteiger charge is 2.27. The zero-order valence-corrected chi connectivity index (χ0v) is 14.0. The van der Waals surface area contributed by atoms with Crippen molar-refractivity contribution in [1.82, 2.24) is 4.90 Å². The van der Waals surface area contributed by atoms with E-state index < -0.39 is 0 Å². The third kappa shape index (κ3) is 3.69. The SMILES string of the molecule is COc1ccc2c(c1)CCCC2CC(=O)N1CCC(CO)CC1. The van der Waals surface area contributed by atoms with Gasteiger partial charge in [0.25, 0.3) is 0 Å². The standard InChI is InChI=1S/C19H27NO3/c1-23-17-5-6-18-15(11-17)3-2-4-16(18)12-19(22)20-9-7-14(13-21)8-10-20/h5-6,11,14,16,21H,2-4,7-10,12-13H2,1H3. The Balaban J connectivity index is 1.64. The van der Waals surface area contributed by atoms with Crippen molar-refractivity contribution in [1.29, 1.82) is 0 Å². The van der Waals surface area contributed by atoms with Crippen LogP contribution in [0.25, 0.3) is 0 Å². The molecule has 126 valence electrons. The van der Waals surface area contributed by atoms with Crippen LogP contribution in [0.2, 0.25) is 0 Å². The predicted octanol–water partition coefficient (Wildman–Crippen LogP) is 2.74. The van der Waals surface area contributed by atoms with Crippen molar-refractivity contribution in [3.8, 4) is 5.75 Å². The lowest BCUT2D eigenvalue weighted by Crippen LogP contribution is -2.39. The van der Waals surface area contributed by atoms with Crippen LogP contribution in [0.1, 0.15) is 49.1 Å². The van der Waals surface area contributed by atoms with Gasteiger partial charge in [0.1, 0.15) is 5.75 Å². The summed E-state index contributed by atoms with van der Waals surface area (Å²) in [6, 6.07) is 6.27. The van der Waals surface area contributed by atoms with Crippen LogP contribution < -0.4 is 4.74 Å². The van der Waals surface area contributed by atoms with E-state index in [4.69, 9.17) is 4.74 Å². The number of carbonyl (C=O) groups excluding carboxylic acids is 1. The molecule has 23 heavy (non-hydrogen) atoms. The van der Waals surface area contributed by atoms with Gasteiger partial charge in [-0.3, -0.25) is 4.79 Å². The third-order valence-corrected chi connectivity index (χ3v) is 5.44. The van der Waals surface area contributed by atoms with Gasteiger partial charge in [-0.05, 0) is 67.2 Å². The summed E-state index contributed by atoms with van der Waals surface area (Å²) in [5, 5.41) is 9.22. The van der Waals surface area contributed by atoms with Gasteiger partial charge in [-0.1, -0.05) is 6.07 Å². The average Bonchev–Trinajstić information content (AvgIpc) is 2.61. The number of aliphatic hydroxyl groups is 1. The van der Waals surface area contributed by atoms with E-state index in [1.54, 1.807) is 7.11 Å². The largest absolute Gasteiger partial charge is 0.497 e. The van der Waals surface area contributed by atoms with E-state index in [1.807, 2.05) is 11.0 Å². The number of carbonyl (C=O) groups is 1. The summed E-state index contributed by atoms with van der Waals surface area (Å²) in [6.45, 7) is 1.85. The number of nitrogens with zero attached hydrogens (tertiary/aromatic N) is 1. The van der Waals surface area contributed by atoms with E-state index in [2.05, 4.69) is 12.1 Å². The van der Waals surface area contributed by atoms with Crippen LogP contribution in [-0.4, -0.2) is 42.7 Å². The zero-order valence-electron chi connectivity index (χ0n) is 14.0. The fourth-order valence-corrected chi connectivity index (χ4v) is 3.94. The van der Waals surface area contributed by atoms with Crippen LogP contribution in [-0.2, 0) is 11.2 Å². The number of methoxy groups -OCH3 is 1. The van der Waals surface area contributed by atoms with Gasteiger partial charge in [-0.15, -0.1) is 0 Å². The molecule has 0 bridgehead atoms. The van der Waals surface area contributed by atoms with Crippen LogP contribution in [0.3, 0.4) is 0 Å². The highest BCUT2D eigenvalue weighted by molar-refractivity contribution is 5.77. The Morgan fingerprint density at radius 1 is 1.30 bits per heavy atom. The van der Waals surface area contributed by atoms with Crippen LogP contribution in [0, 0.1) is 5.92 Å². The minimum atomic E-state index is 0.250. The Kier molecular flexibility index (Phi) is 5.21. The highest BCUT2D eigenvalue weighted by atomic mass is 16.5. The minimum absolute atomic E-state index is 0.250. The topological polar surface area (TPSA) is 49.8 Å². The molecule has 0 spiro atoms. The highest BCUT2D eigenvalue weighted by Crippen LogP contribution is 2.36. The van der Waals surface area contributed by atoms with E-state index >= 15 is 0 Å². The molecule has 1 fully saturated rings. The molecule has 0 radical (unpaired) electrons. The molecule has 1 amide bonds. The molecule has 2 aliphatic rings. The van der Waals surface area contributed by atoms with Gasteiger partial charge in [-0.2, -0.15) is 0 Å². The van der Waals surface area contributed by atoms with Crippen molar-refractivity contribution < 1.29 is 14.6 Å². The third-order valence-electron chi connectivity index (χ3n) is 5.44. The molecular formula is C19H27NO3. The molecule has 4 heteroatoms. The maximum atomic E-state index is 12.6. The number of rotatable bonds is 4. The molecule has 1 N–H and O–H groups in total. The number of likely N-dealkylation sites (tertiary alicyclic amines) is 1. The number of fused-ring (bicyclic) bond motifs is 1. The van der Waals surface area contributed by atoms with Crippen molar-refractivity contribution in [3.63, 3.8) is 0 Å². The van der Waals surface area contributed by atoms with Crippen LogP contribution in [0.5, 0.6) is 5.75 Å². The number of amides is 1. The number of ether oxygens (including phenoxy) is 1. The van der Waals surface area contributed by atoms with Gasteiger partial charge in [0.05, 0.1) is 7.11 Å². The Hall–Kier alpha value is -1.55. The molecule has 1 atom stereocenters. The first kappa shape index (κ1) is 16.3. The van der Waals surface area contributed by atoms with Crippen molar-refractivity contribution in [2.24, 2.45) is 5.92 Å². The van der Waals surface area contributed by atoms with Gasteiger partial charge in [0.15, 0.2) is 0 Å². The first-order chi connectivity index (χ1) is 11.2. The summed E-state index contributed by atoms with van der Waals surface area (Å²) >= 11 is 0. The van der Waals surface area contributed by atoms with Gasteiger partial charge in [-0.25, -0.2) is 0 Å². The Labute approximate surface area is 138 Å². The van der Waals surface area contributed by atoms with Crippen molar-refractivity contribution in [2.75, 3.05) is 26.8 Å². The van der Waals surface area contributed by atoms with E-state index in [9.17, 15) is 9.90 Å². The summed E-state index contributed by atoms with van der Waals surface area (Å²) < 4.78 is 5.32. The van der Waals surface area contributed by atoms with E-state index in [0.717, 1.165) is 50.9 Å².